The molecule has 1 aromatic heterocycles. The number of thiophene rings is 1. The van der Waals surface area contributed by atoms with Gasteiger partial charge in [0.2, 0.25) is 0 Å². The lowest BCUT2D eigenvalue weighted by Crippen LogP contribution is -2.22. The van der Waals surface area contributed by atoms with Gasteiger partial charge in [-0.2, -0.15) is 0 Å². The molecule has 2 heteroatoms. The van der Waals surface area contributed by atoms with Gasteiger partial charge in [-0.3, -0.25) is 0 Å². The average molecular weight is 275 g/mol. The predicted octanol–water partition coefficient (Wildman–Crippen LogP) is 4.86. The van der Waals surface area contributed by atoms with Crippen molar-refractivity contribution >= 4 is 21.4 Å². The Labute approximate surface area is 121 Å². The van der Waals surface area contributed by atoms with Crippen molar-refractivity contribution in [2.24, 2.45) is 5.41 Å². The lowest BCUT2D eigenvalue weighted by molar-refractivity contribution is 0.304. The predicted molar refractivity (Wildman–Crippen MR) is 87.1 cm³/mol. The monoisotopic (exact) mass is 275 g/mol. The van der Waals surface area contributed by atoms with Crippen LogP contribution in [0.15, 0.2) is 29.6 Å². The van der Waals surface area contributed by atoms with Crippen LogP contribution in [0.1, 0.15) is 39.2 Å². The molecule has 0 saturated heterocycles. The second-order valence-corrected chi connectivity index (χ2v) is 6.94. The average Bonchev–Trinajstić information content (AvgIpc) is 2.80. The van der Waals surface area contributed by atoms with Crippen LogP contribution in [0.5, 0.6) is 0 Å². The van der Waals surface area contributed by atoms with Crippen LogP contribution in [0.4, 0.5) is 0 Å². The third kappa shape index (κ3) is 4.05. The van der Waals surface area contributed by atoms with Gasteiger partial charge in [0, 0.05) is 4.70 Å². The van der Waals surface area contributed by atoms with E-state index in [1.807, 2.05) is 11.3 Å². The molecule has 1 aromatic carbocycles. The summed E-state index contributed by atoms with van der Waals surface area (Å²) in [5.41, 5.74) is 1.95. The lowest BCUT2D eigenvalue weighted by Gasteiger charge is -2.24. The molecule has 1 N–H and O–H groups in total. The van der Waals surface area contributed by atoms with Crippen LogP contribution in [0, 0.1) is 5.41 Å². The molecule has 19 heavy (non-hydrogen) atoms. The summed E-state index contributed by atoms with van der Waals surface area (Å²) >= 11 is 1.87. The van der Waals surface area contributed by atoms with Crippen LogP contribution in [-0.4, -0.2) is 13.1 Å². The molecule has 0 bridgehead atoms. The molecule has 0 amide bonds. The smallest absolute Gasteiger partial charge is 0.0345 e. The first-order valence-electron chi connectivity index (χ1n) is 7.28. The molecule has 104 valence electrons. The number of benzene rings is 1. The Morgan fingerprint density at radius 2 is 1.95 bits per heavy atom. The van der Waals surface area contributed by atoms with Gasteiger partial charge in [0.15, 0.2) is 0 Å². The van der Waals surface area contributed by atoms with E-state index in [0.717, 1.165) is 13.1 Å². The molecule has 0 atom stereocenters. The van der Waals surface area contributed by atoms with E-state index in [2.05, 4.69) is 55.7 Å². The molecule has 0 aliphatic heterocycles. The quantitative estimate of drug-likeness (QED) is 0.712. The molecule has 0 spiro atoms. The van der Waals surface area contributed by atoms with Crippen LogP contribution in [-0.2, 0) is 6.42 Å². The Morgan fingerprint density at radius 3 is 2.74 bits per heavy atom. The van der Waals surface area contributed by atoms with Crippen LogP contribution in [0.25, 0.3) is 10.1 Å². The van der Waals surface area contributed by atoms with E-state index in [1.54, 1.807) is 0 Å². The van der Waals surface area contributed by atoms with Gasteiger partial charge >= 0.3 is 0 Å². The molecule has 2 aromatic rings. The molecule has 0 aliphatic rings. The number of rotatable bonds is 7. The van der Waals surface area contributed by atoms with Gasteiger partial charge in [0.05, 0.1) is 0 Å². The molecular formula is C17H25NS. The van der Waals surface area contributed by atoms with Crippen molar-refractivity contribution in [1.82, 2.24) is 5.32 Å². The third-order valence-corrected chi connectivity index (χ3v) is 4.87. The summed E-state index contributed by atoms with van der Waals surface area (Å²) in [6, 6.07) is 8.75. The van der Waals surface area contributed by atoms with Gasteiger partial charge in [0.25, 0.3) is 0 Å². The standard InChI is InChI=1S/C17H25NS/c1-4-18-12-11-17(2,3)10-9-14-13-19-16-8-6-5-7-15(14)16/h5-8,13,18H,4,9-12H2,1-3H3. The highest BCUT2D eigenvalue weighted by Gasteiger charge is 2.17. The van der Waals surface area contributed by atoms with Crippen molar-refractivity contribution in [3.8, 4) is 0 Å². The van der Waals surface area contributed by atoms with Crippen molar-refractivity contribution in [2.75, 3.05) is 13.1 Å². The minimum absolute atomic E-state index is 0.422. The number of fused-ring (bicyclic) bond motifs is 1. The molecule has 2 rings (SSSR count). The van der Waals surface area contributed by atoms with E-state index < -0.39 is 0 Å². The van der Waals surface area contributed by atoms with Crippen molar-refractivity contribution in [2.45, 2.75) is 40.0 Å². The maximum absolute atomic E-state index is 3.43. The van der Waals surface area contributed by atoms with E-state index in [-0.39, 0.29) is 0 Å². The number of hydrogen-bond acceptors (Lipinski definition) is 2. The van der Waals surface area contributed by atoms with Gasteiger partial charge in [0.1, 0.15) is 0 Å². The largest absolute Gasteiger partial charge is 0.317 e. The number of aryl methyl sites for hydroxylation is 1. The fourth-order valence-electron chi connectivity index (χ4n) is 2.43. The molecule has 0 saturated carbocycles. The van der Waals surface area contributed by atoms with Crippen LogP contribution >= 0.6 is 11.3 Å². The Hall–Kier alpha value is -0.860. The van der Waals surface area contributed by atoms with Gasteiger partial charge in [-0.15, -0.1) is 11.3 Å². The Bertz CT molecular complexity index is 513. The van der Waals surface area contributed by atoms with Gasteiger partial charge in [-0.05, 0) is 60.2 Å². The number of nitrogens with one attached hydrogen (secondary N) is 1. The lowest BCUT2D eigenvalue weighted by atomic mass is 9.83. The zero-order valence-electron chi connectivity index (χ0n) is 12.3. The normalized spacial score (nSPS) is 12.2. The van der Waals surface area contributed by atoms with E-state index in [1.165, 1.54) is 34.9 Å². The molecular weight excluding hydrogens is 250 g/mol. The van der Waals surface area contributed by atoms with Gasteiger partial charge < -0.3 is 5.32 Å². The topological polar surface area (TPSA) is 12.0 Å². The first kappa shape index (κ1) is 14.5. The van der Waals surface area contributed by atoms with Crippen molar-refractivity contribution in [1.29, 1.82) is 0 Å². The summed E-state index contributed by atoms with van der Waals surface area (Å²) < 4.78 is 1.42. The molecule has 1 nitrogen and oxygen atoms in total. The summed E-state index contributed by atoms with van der Waals surface area (Å²) in [7, 11) is 0. The summed E-state index contributed by atoms with van der Waals surface area (Å²) in [4.78, 5) is 0. The van der Waals surface area contributed by atoms with Crippen molar-refractivity contribution in [3.05, 3.63) is 35.2 Å². The summed E-state index contributed by atoms with van der Waals surface area (Å²) in [5.74, 6) is 0. The molecule has 1 heterocycles. The van der Waals surface area contributed by atoms with Crippen LogP contribution < -0.4 is 5.32 Å². The fourth-order valence-corrected chi connectivity index (χ4v) is 3.43. The number of hydrogen-bond donors (Lipinski definition) is 1. The first-order valence-corrected chi connectivity index (χ1v) is 8.16. The van der Waals surface area contributed by atoms with E-state index in [0.29, 0.717) is 5.41 Å². The van der Waals surface area contributed by atoms with Crippen molar-refractivity contribution < 1.29 is 0 Å². The molecule has 0 fully saturated rings. The zero-order valence-corrected chi connectivity index (χ0v) is 13.1. The highest BCUT2D eigenvalue weighted by Crippen LogP contribution is 2.31. The van der Waals surface area contributed by atoms with E-state index in [4.69, 9.17) is 0 Å². The summed E-state index contributed by atoms with van der Waals surface area (Å²) in [6.45, 7) is 9.15. The molecule has 0 aliphatic carbocycles. The Kier molecular flexibility index (Phi) is 5.00. The third-order valence-electron chi connectivity index (χ3n) is 3.86. The van der Waals surface area contributed by atoms with Gasteiger partial charge in [-0.1, -0.05) is 39.0 Å². The Morgan fingerprint density at radius 1 is 1.16 bits per heavy atom. The molecule has 0 radical (unpaired) electrons. The minimum Gasteiger partial charge on any atom is -0.317 e. The highest BCUT2D eigenvalue weighted by atomic mass is 32.1. The minimum atomic E-state index is 0.422. The van der Waals surface area contributed by atoms with E-state index in [9.17, 15) is 0 Å². The van der Waals surface area contributed by atoms with Gasteiger partial charge in [-0.25, -0.2) is 0 Å². The molecule has 0 unspecified atom stereocenters. The fraction of sp³-hybridized carbons (Fsp3) is 0.529. The van der Waals surface area contributed by atoms with Crippen LogP contribution in [0.3, 0.4) is 0 Å². The van der Waals surface area contributed by atoms with E-state index >= 15 is 0 Å². The second-order valence-electron chi connectivity index (χ2n) is 6.02. The SMILES string of the molecule is CCNCCC(C)(C)CCc1csc2ccccc12. The summed E-state index contributed by atoms with van der Waals surface area (Å²) in [6.07, 6.45) is 3.71. The first-order chi connectivity index (χ1) is 9.12. The van der Waals surface area contributed by atoms with Crippen molar-refractivity contribution in [3.63, 3.8) is 0 Å². The Balaban J connectivity index is 1.94. The maximum atomic E-state index is 3.43. The zero-order chi connectivity index (χ0) is 13.7. The highest BCUT2D eigenvalue weighted by molar-refractivity contribution is 7.17. The second kappa shape index (κ2) is 6.53. The maximum Gasteiger partial charge on any atom is 0.0345 e. The van der Waals surface area contributed by atoms with Crippen LogP contribution in [0.2, 0.25) is 0 Å². The summed E-state index contributed by atoms with van der Waals surface area (Å²) in [5, 5.41) is 7.22.